The predicted octanol–water partition coefficient (Wildman–Crippen LogP) is 4.63. The van der Waals surface area contributed by atoms with Crippen LogP contribution in [0.2, 0.25) is 0 Å². The summed E-state index contributed by atoms with van der Waals surface area (Å²) in [6, 6.07) is 5.76. The summed E-state index contributed by atoms with van der Waals surface area (Å²) in [5, 5.41) is 10.4. The number of thiophene rings is 1. The molecule has 4 nitrogen and oxygen atoms in total. The molecule has 0 atom stereocenters. The highest BCUT2D eigenvalue weighted by atomic mass is 32.2. The monoisotopic (exact) mass is 347 g/mol. The summed E-state index contributed by atoms with van der Waals surface area (Å²) in [5.41, 5.74) is 2.16. The molecule has 3 heterocycles. The van der Waals surface area contributed by atoms with Gasteiger partial charge in [0.1, 0.15) is 10.7 Å². The van der Waals surface area contributed by atoms with E-state index in [0.717, 1.165) is 21.3 Å². The molecule has 0 spiro atoms. The fourth-order valence-corrected chi connectivity index (χ4v) is 3.88. The maximum absolute atomic E-state index is 12.2. The quantitative estimate of drug-likeness (QED) is 0.684. The molecule has 0 saturated heterocycles. The van der Waals surface area contributed by atoms with Crippen molar-refractivity contribution in [3.05, 3.63) is 46.2 Å². The van der Waals surface area contributed by atoms with Crippen LogP contribution in [0.25, 0.3) is 10.6 Å². The van der Waals surface area contributed by atoms with Crippen LogP contribution in [0.3, 0.4) is 0 Å². The number of amides is 1. The summed E-state index contributed by atoms with van der Waals surface area (Å²) in [5.74, 6) is 0.763. The van der Waals surface area contributed by atoms with E-state index in [9.17, 15) is 4.79 Å². The molecule has 0 bridgehead atoms. The first-order chi connectivity index (χ1) is 10.8. The van der Waals surface area contributed by atoms with Crippen molar-refractivity contribution < 1.29 is 4.79 Å². The Morgan fingerprint density at radius 1 is 1.32 bits per heavy atom. The highest BCUT2D eigenvalue weighted by Gasteiger charge is 2.12. The van der Waals surface area contributed by atoms with E-state index in [1.165, 1.54) is 11.3 Å². The van der Waals surface area contributed by atoms with Crippen LogP contribution < -0.4 is 5.32 Å². The van der Waals surface area contributed by atoms with Crippen LogP contribution in [0.15, 0.2) is 45.6 Å². The smallest absolute Gasteiger partial charge is 0.275 e. The molecule has 3 rings (SSSR count). The minimum Gasteiger partial charge on any atom is -0.319 e. The zero-order valence-electron chi connectivity index (χ0n) is 11.8. The van der Waals surface area contributed by atoms with Gasteiger partial charge in [-0.15, -0.1) is 23.1 Å². The number of nitrogens with one attached hydrogen (secondary N) is 1. The Hall–Kier alpha value is -1.70. The number of carbonyl (C=O) groups is 1. The van der Waals surface area contributed by atoms with Gasteiger partial charge in [0, 0.05) is 16.3 Å². The normalized spacial score (nSPS) is 10.6. The topological polar surface area (TPSA) is 54.9 Å². The highest BCUT2D eigenvalue weighted by molar-refractivity contribution is 7.99. The van der Waals surface area contributed by atoms with E-state index < -0.39 is 0 Å². The largest absolute Gasteiger partial charge is 0.319 e. The fourth-order valence-electron chi connectivity index (χ4n) is 1.78. The molecular weight excluding hydrogens is 334 g/mol. The number of anilines is 1. The standard InChI is InChI=1S/C15H13N3OS3/c1-2-21-13-4-3-11(7-16-13)17-14(19)12-9-22-15(18-12)10-5-6-20-8-10/h3-9H,2H2,1H3,(H,17,19). The molecule has 3 aromatic heterocycles. The maximum atomic E-state index is 12.2. The maximum Gasteiger partial charge on any atom is 0.275 e. The van der Waals surface area contributed by atoms with E-state index in [2.05, 4.69) is 22.2 Å². The summed E-state index contributed by atoms with van der Waals surface area (Å²) >= 11 is 4.75. The summed E-state index contributed by atoms with van der Waals surface area (Å²) in [6.45, 7) is 2.08. The third-order valence-corrected chi connectivity index (χ3v) is 5.19. The van der Waals surface area contributed by atoms with Gasteiger partial charge in [0.25, 0.3) is 5.91 Å². The van der Waals surface area contributed by atoms with Gasteiger partial charge in [-0.1, -0.05) is 6.92 Å². The van der Waals surface area contributed by atoms with E-state index in [4.69, 9.17) is 0 Å². The Morgan fingerprint density at radius 2 is 2.23 bits per heavy atom. The van der Waals surface area contributed by atoms with E-state index >= 15 is 0 Å². The molecule has 7 heteroatoms. The van der Waals surface area contributed by atoms with Crippen molar-refractivity contribution in [2.45, 2.75) is 11.9 Å². The van der Waals surface area contributed by atoms with Crippen molar-refractivity contribution in [2.24, 2.45) is 0 Å². The van der Waals surface area contributed by atoms with Gasteiger partial charge in [0.05, 0.1) is 16.9 Å². The predicted molar refractivity (Wildman–Crippen MR) is 94.0 cm³/mol. The number of thioether (sulfide) groups is 1. The minimum absolute atomic E-state index is 0.213. The van der Waals surface area contributed by atoms with Gasteiger partial charge < -0.3 is 5.32 Å². The second-order valence-electron chi connectivity index (χ2n) is 4.32. The molecular formula is C15H13N3OS3. The molecule has 1 amide bonds. The Bertz CT molecular complexity index is 751. The Morgan fingerprint density at radius 3 is 2.91 bits per heavy atom. The van der Waals surface area contributed by atoms with Crippen LogP contribution in [0.1, 0.15) is 17.4 Å². The highest BCUT2D eigenvalue weighted by Crippen LogP contribution is 2.26. The van der Waals surface area contributed by atoms with Crippen LogP contribution in [0, 0.1) is 0 Å². The zero-order chi connectivity index (χ0) is 15.4. The number of thiazole rings is 1. The lowest BCUT2D eigenvalue weighted by molar-refractivity contribution is 0.102. The van der Waals surface area contributed by atoms with Gasteiger partial charge in [-0.3, -0.25) is 4.79 Å². The molecule has 0 aliphatic carbocycles. The third-order valence-electron chi connectivity index (χ3n) is 2.79. The molecule has 1 N–H and O–H groups in total. The lowest BCUT2D eigenvalue weighted by atomic mass is 10.3. The Labute approximate surface area is 140 Å². The summed E-state index contributed by atoms with van der Waals surface area (Å²) in [6.07, 6.45) is 1.67. The second kappa shape index (κ2) is 7.04. The lowest BCUT2D eigenvalue weighted by Crippen LogP contribution is -2.12. The lowest BCUT2D eigenvalue weighted by Gasteiger charge is -2.03. The van der Waals surface area contributed by atoms with Gasteiger partial charge >= 0.3 is 0 Å². The number of hydrogen-bond donors (Lipinski definition) is 1. The summed E-state index contributed by atoms with van der Waals surface area (Å²) in [4.78, 5) is 20.9. The molecule has 22 heavy (non-hydrogen) atoms. The van der Waals surface area contributed by atoms with E-state index in [1.54, 1.807) is 34.7 Å². The van der Waals surface area contributed by atoms with Crippen molar-refractivity contribution in [1.82, 2.24) is 9.97 Å². The molecule has 0 radical (unpaired) electrons. The fraction of sp³-hybridized carbons (Fsp3) is 0.133. The van der Waals surface area contributed by atoms with Crippen molar-refractivity contribution in [3.8, 4) is 10.6 Å². The Balaban J connectivity index is 1.69. The minimum atomic E-state index is -0.213. The average molecular weight is 347 g/mol. The third kappa shape index (κ3) is 3.55. The summed E-state index contributed by atoms with van der Waals surface area (Å²) in [7, 11) is 0. The number of carbonyl (C=O) groups excluding carboxylic acids is 1. The van der Waals surface area contributed by atoms with Crippen molar-refractivity contribution in [3.63, 3.8) is 0 Å². The molecule has 112 valence electrons. The second-order valence-corrected chi connectivity index (χ2v) is 7.24. The van der Waals surface area contributed by atoms with Gasteiger partial charge in [-0.25, -0.2) is 9.97 Å². The number of rotatable bonds is 5. The molecule has 0 unspecified atom stereocenters. The Kier molecular flexibility index (Phi) is 4.87. The van der Waals surface area contributed by atoms with Gasteiger partial charge in [0.15, 0.2) is 0 Å². The first-order valence-electron chi connectivity index (χ1n) is 6.64. The number of aromatic nitrogens is 2. The van der Waals surface area contributed by atoms with Crippen LogP contribution in [0.4, 0.5) is 5.69 Å². The number of hydrogen-bond acceptors (Lipinski definition) is 6. The van der Waals surface area contributed by atoms with E-state index in [1.807, 2.05) is 29.0 Å². The zero-order valence-corrected chi connectivity index (χ0v) is 14.2. The van der Waals surface area contributed by atoms with Crippen LogP contribution >= 0.6 is 34.4 Å². The first-order valence-corrected chi connectivity index (χ1v) is 9.45. The molecule has 0 aromatic carbocycles. The van der Waals surface area contributed by atoms with Crippen LogP contribution in [-0.2, 0) is 0 Å². The van der Waals surface area contributed by atoms with Gasteiger partial charge in [-0.2, -0.15) is 11.3 Å². The van der Waals surface area contributed by atoms with Crippen molar-refractivity contribution >= 4 is 46.0 Å². The number of nitrogens with zero attached hydrogens (tertiary/aromatic N) is 2. The van der Waals surface area contributed by atoms with Crippen molar-refractivity contribution in [1.29, 1.82) is 0 Å². The molecule has 0 aliphatic heterocycles. The van der Waals surface area contributed by atoms with Gasteiger partial charge in [0.2, 0.25) is 0 Å². The average Bonchev–Trinajstić information content (AvgIpc) is 3.20. The van der Waals surface area contributed by atoms with E-state index in [0.29, 0.717) is 11.4 Å². The first kappa shape index (κ1) is 15.2. The van der Waals surface area contributed by atoms with Gasteiger partial charge in [-0.05, 0) is 29.3 Å². The van der Waals surface area contributed by atoms with Crippen LogP contribution in [0.5, 0.6) is 0 Å². The SMILES string of the molecule is CCSc1ccc(NC(=O)c2csc(-c3ccsc3)n2)cn1. The van der Waals surface area contributed by atoms with Crippen molar-refractivity contribution in [2.75, 3.05) is 11.1 Å². The molecule has 0 saturated carbocycles. The molecule has 0 aliphatic rings. The number of pyridine rings is 1. The van der Waals surface area contributed by atoms with E-state index in [-0.39, 0.29) is 5.91 Å². The summed E-state index contributed by atoms with van der Waals surface area (Å²) < 4.78 is 0. The molecule has 0 fully saturated rings. The molecule has 3 aromatic rings. The van der Waals surface area contributed by atoms with Crippen LogP contribution in [-0.4, -0.2) is 21.6 Å².